The minimum absolute atomic E-state index is 0.0367. The lowest BCUT2D eigenvalue weighted by Crippen LogP contribution is -2.21. The van der Waals surface area contributed by atoms with Gasteiger partial charge < -0.3 is 14.8 Å². The Balaban J connectivity index is 1.86. The van der Waals surface area contributed by atoms with Gasteiger partial charge in [0, 0.05) is 0 Å². The molecule has 0 fully saturated rings. The summed E-state index contributed by atoms with van der Waals surface area (Å²) in [5.41, 5.74) is 0.335. The number of hydrogen-bond acceptors (Lipinski definition) is 4. The highest BCUT2D eigenvalue weighted by atomic mass is 19.1. The van der Waals surface area contributed by atoms with Gasteiger partial charge in [-0.15, -0.1) is 0 Å². The number of rotatable bonds is 6. The highest BCUT2D eigenvalue weighted by molar-refractivity contribution is 5.95. The molecule has 0 saturated carbocycles. The molecule has 0 saturated heterocycles. The van der Waals surface area contributed by atoms with Crippen LogP contribution in [-0.2, 0) is 9.53 Å². The number of anilines is 1. The lowest BCUT2D eigenvalue weighted by molar-refractivity contribution is -0.119. The minimum atomic E-state index is -0.642. The predicted molar refractivity (Wildman–Crippen MR) is 82.9 cm³/mol. The van der Waals surface area contributed by atoms with E-state index in [0.717, 1.165) is 0 Å². The number of esters is 1. The van der Waals surface area contributed by atoms with E-state index < -0.39 is 24.3 Å². The zero-order valence-electron chi connectivity index (χ0n) is 12.5. The first-order chi connectivity index (χ1) is 11.1. The van der Waals surface area contributed by atoms with Gasteiger partial charge in [0.15, 0.2) is 6.61 Å². The Morgan fingerprint density at radius 3 is 2.43 bits per heavy atom. The summed E-state index contributed by atoms with van der Waals surface area (Å²) >= 11 is 0. The van der Waals surface area contributed by atoms with Gasteiger partial charge in [-0.2, -0.15) is 0 Å². The number of para-hydroxylation sites is 1. The standard InChI is InChI=1S/C17H16FNO4/c1-2-22-13-9-7-12(8-10-13)17(21)23-11-16(20)19-15-6-4-3-5-14(15)18/h3-10H,2,11H2,1H3,(H,19,20). The van der Waals surface area contributed by atoms with Gasteiger partial charge in [0.05, 0.1) is 17.9 Å². The van der Waals surface area contributed by atoms with Crippen molar-refractivity contribution < 1.29 is 23.5 Å². The molecule has 0 aliphatic heterocycles. The predicted octanol–water partition coefficient (Wildman–Crippen LogP) is 3.02. The maximum absolute atomic E-state index is 13.4. The van der Waals surface area contributed by atoms with Crippen LogP contribution < -0.4 is 10.1 Å². The Bertz CT molecular complexity index is 685. The number of halogens is 1. The van der Waals surface area contributed by atoms with Gasteiger partial charge in [0.2, 0.25) is 0 Å². The Morgan fingerprint density at radius 2 is 1.78 bits per heavy atom. The number of ether oxygens (including phenoxy) is 2. The van der Waals surface area contributed by atoms with Gasteiger partial charge in [0.1, 0.15) is 11.6 Å². The molecule has 0 aliphatic carbocycles. The largest absolute Gasteiger partial charge is 0.494 e. The monoisotopic (exact) mass is 317 g/mol. The van der Waals surface area contributed by atoms with Gasteiger partial charge in [0.25, 0.3) is 5.91 Å². The van der Waals surface area contributed by atoms with Crippen molar-refractivity contribution in [3.8, 4) is 5.75 Å². The third kappa shape index (κ3) is 4.81. The van der Waals surface area contributed by atoms with Gasteiger partial charge in [-0.3, -0.25) is 4.79 Å². The summed E-state index contributed by atoms with van der Waals surface area (Å²) in [5.74, 6) is -1.17. The fraction of sp³-hybridized carbons (Fsp3) is 0.176. The SMILES string of the molecule is CCOc1ccc(C(=O)OCC(=O)Nc2ccccc2F)cc1. The molecular formula is C17H16FNO4. The number of carbonyl (C=O) groups excluding carboxylic acids is 2. The van der Waals surface area contributed by atoms with Crippen molar-refractivity contribution in [3.05, 3.63) is 59.9 Å². The van der Waals surface area contributed by atoms with Crippen LogP contribution in [0.2, 0.25) is 0 Å². The quantitative estimate of drug-likeness (QED) is 0.832. The zero-order chi connectivity index (χ0) is 16.7. The Morgan fingerprint density at radius 1 is 1.09 bits per heavy atom. The van der Waals surface area contributed by atoms with Crippen molar-refractivity contribution in [2.75, 3.05) is 18.5 Å². The van der Waals surface area contributed by atoms with Gasteiger partial charge >= 0.3 is 5.97 Å². The van der Waals surface area contributed by atoms with E-state index in [0.29, 0.717) is 17.9 Å². The Labute approximate surface area is 133 Å². The molecule has 1 N–H and O–H groups in total. The maximum atomic E-state index is 13.4. The summed E-state index contributed by atoms with van der Waals surface area (Å²) in [7, 11) is 0. The summed E-state index contributed by atoms with van der Waals surface area (Å²) in [6.07, 6.45) is 0. The van der Waals surface area contributed by atoms with Crippen LogP contribution in [0.25, 0.3) is 0 Å². The molecule has 2 aromatic rings. The summed E-state index contributed by atoms with van der Waals surface area (Å²) in [6, 6.07) is 12.1. The van der Waals surface area contributed by atoms with Gasteiger partial charge in [-0.25, -0.2) is 9.18 Å². The molecule has 2 aromatic carbocycles. The molecule has 0 heterocycles. The van der Waals surface area contributed by atoms with Crippen molar-refractivity contribution >= 4 is 17.6 Å². The first-order valence-electron chi connectivity index (χ1n) is 7.04. The molecule has 0 aromatic heterocycles. The lowest BCUT2D eigenvalue weighted by atomic mass is 10.2. The van der Waals surface area contributed by atoms with E-state index in [4.69, 9.17) is 9.47 Å². The molecule has 23 heavy (non-hydrogen) atoms. The van der Waals surface area contributed by atoms with E-state index in [1.54, 1.807) is 30.3 Å². The van der Waals surface area contributed by atoms with E-state index in [2.05, 4.69) is 5.32 Å². The van der Waals surface area contributed by atoms with E-state index in [-0.39, 0.29) is 5.69 Å². The summed E-state index contributed by atoms with van der Waals surface area (Å²) in [4.78, 5) is 23.5. The fourth-order valence-electron chi connectivity index (χ4n) is 1.82. The van der Waals surface area contributed by atoms with Crippen molar-refractivity contribution in [2.45, 2.75) is 6.92 Å². The molecule has 2 rings (SSSR count). The van der Waals surface area contributed by atoms with Crippen LogP contribution in [0.5, 0.6) is 5.75 Å². The van der Waals surface area contributed by atoms with Crippen molar-refractivity contribution in [2.24, 2.45) is 0 Å². The van der Waals surface area contributed by atoms with E-state index in [1.165, 1.54) is 18.2 Å². The highest BCUT2D eigenvalue weighted by Crippen LogP contribution is 2.14. The summed E-state index contributed by atoms with van der Waals surface area (Å²) in [5, 5.41) is 2.33. The second-order valence-corrected chi connectivity index (χ2v) is 4.56. The van der Waals surface area contributed by atoms with Crippen molar-refractivity contribution in [3.63, 3.8) is 0 Å². The molecule has 0 spiro atoms. The first-order valence-corrected chi connectivity index (χ1v) is 7.04. The van der Waals surface area contributed by atoms with Gasteiger partial charge in [-0.05, 0) is 43.3 Å². The second kappa shape index (κ2) is 7.93. The third-order valence-corrected chi connectivity index (χ3v) is 2.88. The van der Waals surface area contributed by atoms with Crippen LogP contribution in [-0.4, -0.2) is 25.1 Å². The number of carbonyl (C=O) groups is 2. The molecule has 6 heteroatoms. The fourth-order valence-corrected chi connectivity index (χ4v) is 1.82. The van der Waals surface area contributed by atoms with E-state index in [9.17, 15) is 14.0 Å². The van der Waals surface area contributed by atoms with Crippen LogP contribution in [0.3, 0.4) is 0 Å². The Hall–Kier alpha value is -2.89. The number of nitrogens with one attached hydrogen (secondary N) is 1. The van der Waals surface area contributed by atoms with Crippen LogP contribution >= 0.6 is 0 Å². The van der Waals surface area contributed by atoms with Crippen LogP contribution in [0.1, 0.15) is 17.3 Å². The average Bonchev–Trinajstić information content (AvgIpc) is 2.56. The van der Waals surface area contributed by atoms with E-state index >= 15 is 0 Å². The molecule has 0 aliphatic rings. The Kier molecular flexibility index (Phi) is 5.68. The van der Waals surface area contributed by atoms with Gasteiger partial charge in [-0.1, -0.05) is 12.1 Å². The zero-order valence-corrected chi connectivity index (χ0v) is 12.5. The normalized spacial score (nSPS) is 10.0. The average molecular weight is 317 g/mol. The highest BCUT2D eigenvalue weighted by Gasteiger charge is 2.11. The van der Waals surface area contributed by atoms with Crippen LogP contribution in [0.15, 0.2) is 48.5 Å². The van der Waals surface area contributed by atoms with Crippen molar-refractivity contribution in [1.82, 2.24) is 0 Å². The minimum Gasteiger partial charge on any atom is -0.494 e. The summed E-state index contributed by atoms with van der Waals surface area (Å²) in [6.45, 7) is 1.89. The number of amides is 1. The van der Waals surface area contributed by atoms with Crippen LogP contribution in [0.4, 0.5) is 10.1 Å². The third-order valence-electron chi connectivity index (χ3n) is 2.88. The lowest BCUT2D eigenvalue weighted by Gasteiger charge is -2.08. The topological polar surface area (TPSA) is 64.6 Å². The number of hydrogen-bond donors (Lipinski definition) is 1. The van der Waals surface area contributed by atoms with E-state index in [1.807, 2.05) is 6.92 Å². The molecule has 120 valence electrons. The summed E-state index contributed by atoms with van der Waals surface area (Å²) < 4.78 is 23.5. The molecule has 0 atom stereocenters. The smallest absolute Gasteiger partial charge is 0.338 e. The first kappa shape index (κ1) is 16.5. The molecule has 0 radical (unpaired) electrons. The molecular weight excluding hydrogens is 301 g/mol. The van der Waals surface area contributed by atoms with Crippen LogP contribution in [0, 0.1) is 5.82 Å². The number of benzene rings is 2. The maximum Gasteiger partial charge on any atom is 0.338 e. The molecule has 5 nitrogen and oxygen atoms in total. The van der Waals surface area contributed by atoms with Crippen molar-refractivity contribution in [1.29, 1.82) is 0 Å². The molecule has 0 unspecified atom stereocenters. The molecule has 1 amide bonds. The second-order valence-electron chi connectivity index (χ2n) is 4.56. The molecule has 0 bridgehead atoms.